The summed E-state index contributed by atoms with van der Waals surface area (Å²) in [6.45, 7) is 3.30. The predicted octanol–water partition coefficient (Wildman–Crippen LogP) is 2.85. The second-order valence-corrected chi connectivity index (χ2v) is 8.22. The van der Waals surface area contributed by atoms with Crippen LogP contribution < -0.4 is 11.1 Å². The number of aromatic nitrogens is 2. The number of aromatic amines is 1. The van der Waals surface area contributed by atoms with Gasteiger partial charge in [-0.15, -0.1) is 0 Å². The molecule has 0 amide bonds. The van der Waals surface area contributed by atoms with E-state index in [1.54, 1.807) is 13.8 Å². The topological polar surface area (TPSA) is 157 Å². The lowest BCUT2D eigenvalue weighted by Crippen LogP contribution is -2.36. The molecular weight excluding hydrogens is 415 g/mol. The van der Waals surface area contributed by atoms with Gasteiger partial charge in [-0.1, -0.05) is 6.07 Å². The van der Waals surface area contributed by atoms with Gasteiger partial charge in [-0.2, -0.15) is 5.26 Å². The Balaban J connectivity index is 2.47. The van der Waals surface area contributed by atoms with Crippen molar-refractivity contribution in [2.75, 3.05) is 13.2 Å². The Labute approximate surface area is 169 Å². The van der Waals surface area contributed by atoms with Gasteiger partial charge in [0.1, 0.15) is 6.29 Å². The molecule has 3 rings (SSSR count). The molecule has 0 aliphatic heterocycles. The number of hydrogen-bond acceptors (Lipinski definition) is 8. The molecule has 12 heteroatoms. The lowest BCUT2D eigenvalue weighted by Gasteiger charge is -2.19. The quantitative estimate of drug-likeness (QED) is 0.196. The lowest BCUT2D eigenvalue weighted by atomic mass is 10.0. The number of rotatable bonds is 7. The summed E-state index contributed by atoms with van der Waals surface area (Å²) in [6.07, 6.45) is -0.555. The number of nitrogens with one attached hydrogen (secondary N) is 1. The van der Waals surface area contributed by atoms with E-state index in [-0.39, 0.29) is 46.3 Å². The molecule has 1 N–H and O–H groups in total. The van der Waals surface area contributed by atoms with E-state index in [0.717, 1.165) is 10.6 Å². The molecule has 30 heavy (non-hydrogen) atoms. The first kappa shape index (κ1) is 21.4. The highest BCUT2D eigenvalue weighted by Crippen LogP contribution is 2.50. The van der Waals surface area contributed by atoms with Crippen molar-refractivity contribution in [3.8, 4) is 6.07 Å². The Morgan fingerprint density at radius 2 is 1.87 bits per heavy atom. The average molecular weight is 432 g/mol. The van der Waals surface area contributed by atoms with Crippen LogP contribution in [0.5, 0.6) is 0 Å². The highest BCUT2D eigenvalue weighted by molar-refractivity contribution is 7.52. The molecule has 0 atom stereocenters. The van der Waals surface area contributed by atoms with Crippen LogP contribution in [-0.4, -0.2) is 27.7 Å². The second-order valence-electron chi connectivity index (χ2n) is 6.20. The van der Waals surface area contributed by atoms with E-state index >= 15 is 0 Å². The van der Waals surface area contributed by atoms with Crippen LogP contribution in [0.3, 0.4) is 0 Å². The van der Waals surface area contributed by atoms with Gasteiger partial charge in [0, 0.05) is 11.5 Å². The summed E-state index contributed by atoms with van der Waals surface area (Å²) in [6, 6.07) is 7.18. The lowest BCUT2D eigenvalue weighted by molar-refractivity contribution is -0.382. The van der Waals surface area contributed by atoms with Gasteiger partial charge in [0.25, 0.3) is 5.69 Å². The maximum absolute atomic E-state index is 13.0. The minimum atomic E-state index is -3.79. The zero-order chi connectivity index (χ0) is 22.1. The Morgan fingerprint density at radius 1 is 1.20 bits per heavy atom. The van der Waals surface area contributed by atoms with Crippen molar-refractivity contribution in [1.82, 2.24) is 9.55 Å². The summed E-state index contributed by atoms with van der Waals surface area (Å²) in [5, 5.41) is 21.0. The van der Waals surface area contributed by atoms with Gasteiger partial charge in [0.05, 0.1) is 46.2 Å². The molecule has 1 heterocycles. The predicted molar refractivity (Wildman–Crippen MR) is 109 cm³/mol. The molecule has 0 aliphatic rings. The first-order valence-corrected chi connectivity index (χ1v) is 10.6. The van der Waals surface area contributed by atoms with Gasteiger partial charge in [-0.05, 0) is 26.0 Å². The smallest absolute Gasteiger partial charge is 0.316 e. The molecule has 11 nitrogen and oxygen atoms in total. The molecule has 156 valence electrons. The fourth-order valence-electron chi connectivity index (χ4n) is 3.22. The van der Waals surface area contributed by atoms with E-state index in [1.165, 1.54) is 18.2 Å². The van der Waals surface area contributed by atoms with Crippen LogP contribution in [0.4, 0.5) is 5.69 Å². The zero-order valence-corrected chi connectivity index (χ0v) is 17.0. The van der Waals surface area contributed by atoms with Gasteiger partial charge >= 0.3 is 18.7 Å². The van der Waals surface area contributed by atoms with Gasteiger partial charge < -0.3 is 14.0 Å². The van der Waals surface area contributed by atoms with E-state index in [0.29, 0.717) is 0 Å². The molecule has 0 fully saturated rings. The molecule has 1 aromatic heterocycles. The number of nitro groups is 1. The number of H-pyrrole nitrogens is 1. The minimum absolute atomic E-state index is 0.00283. The number of nitro benzene ring substituents is 1. The molecule has 0 radical (unpaired) electrons. The van der Waals surface area contributed by atoms with E-state index < -0.39 is 29.9 Å². The molecule has 0 aliphatic carbocycles. The summed E-state index contributed by atoms with van der Waals surface area (Å²) in [7, 11) is -3.79. The summed E-state index contributed by atoms with van der Waals surface area (Å²) in [5.41, 5.74) is -2.11. The van der Waals surface area contributed by atoms with Crippen molar-refractivity contribution in [1.29, 1.82) is 5.26 Å². The normalized spacial score (nSPS) is 11.6. The Kier molecular flexibility index (Phi) is 5.85. The van der Waals surface area contributed by atoms with Crippen molar-refractivity contribution >= 4 is 35.1 Å². The largest absolute Gasteiger partial charge is 0.350 e. The maximum atomic E-state index is 13.0. The van der Waals surface area contributed by atoms with E-state index in [2.05, 4.69) is 4.98 Å². The highest BCUT2D eigenvalue weighted by atomic mass is 31.2. The number of fused-ring (bicyclic) bond motifs is 3. The van der Waals surface area contributed by atoms with Crippen LogP contribution in [-0.2, 0) is 19.9 Å². The van der Waals surface area contributed by atoms with E-state index in [9.17, 15) is 24.3 Å². The van der Waals surface area contributed by atoms with Crippen molar-refractivity contribution in [3.05, 3.63) is 60.7 Å². The third-order valence-corrected chi connectivity index (χ3v) is 6.27. The maximum Gasteiger partial charge on any atom is 0.350 e. The fraction of sp³-hybridized carbons (Fsp3) is 0.278. The standard InChI is InChI=1S/C18H17N4O7P/c1-3-28-30(27,29-4-2)10-21-16-12-6-5-11(9-19)7-13(12)15(22(25)26)8-14(16)20-17(23)18(21)24/h5-8H,3-4,10H2,1-2H3,(H,20,23). The first-order chi connectivity index (χ1) is 14.2. The zero-order valence-electron chi connectivity index (χ0n) is 16.1. The second kappa shape index (κ2) is 8.20. The summed E-state index contributed by atoms with van der Waals surface area (Å²) >= 11 is 0. The number of nitrogens with zero attached hydrogens (tertiary/aromatic N) is 3. The van der Waals surface area contributed by atoms with Crippen LogP contribution in [0.25, 0.3) is 21.8 Å². The first-order valence-electron chi connectivity index (χ1n) is 8.90. The van der Waals surface area contributed by atoms with Gasteiger partial charge in [-0.25, -0.2) is 0 Å². The van der Waals surface area contributed by atoms with E-state index in [4.69, 9.17) is 14.3 Å². The fourth-order valence-corrected chi connectivity index (χ4v) is 4.86. The SMILES string of the molecule is CCOP(=O)(Cn1c(=O)c(=O)[nH]c2cc([N+](=O)[O-])c3cc(C#N)ccc3c21)OCC. The van der Waals surface area contributed by atoms with Crippen molar-refractivity contribution in [3.63, 3.8) is 0 Å². The number of nitriles is 1. The monoisotopic (exact) mass is 432 g/mol. The molecule has 0 saturated heterocycles. The van der Waals surface area contributed by atoms with Gasteiger partial charge in [0.15, 0.2) is 0 Å². The van der Waals surface area contributed by atoms with Crippen LogP contribution in [0.1, 0.15) is 19.4 Å². The summed E-state index contributed by atoms with van der Waals surface area (Å²) < 4.78 is 24.5. The van der Waals surface area contributed by atoms with Crippen LogP contribution in [0.2, 0.25) is 0 Å². The average Bonchev–Trinajstić information content (AvgIpc) is 2.70. The van der Waals surface area contributed by atoms with Crippen LogP contribution in [0.15, 0.2) is 33.9 Å². The number of benzene rings is 2. The summed E-state index contributed by atoms with van der Waals surface area (Å²) in [4.78, 5) is 38.1. The molecular formula is C18H17N4O7P. The van der Waals surface area contributed by atoms with Gasteiger partial charge in [0.2, 0.25) is 0 Å². The third-order valence-electron chi connectivity index (χ3n) is 4.34. The van der Waals surface area contributed by atoms with Crippen molar-refractivity contribution in [2.45, 2.75) is 20.1 Å². The molecule has 0 saturated carbocycles. The molecule has 0 unspecified atom stereocenters. The molecule has 0 spiro atoms. The third kappa shape index (κ3) is 3.76. The van der Waals surface area contributed by atoms with Crippen LogP contribution >= 0.6 is 7.60 Å². The molecule has 2 aromatic carbocycles. The Bertz CT molecular complexity index is 1360. The summed E-state index contributed by atoms with van der Waals surface area (Å²) in [5.74, 6) is 0. The van der Waals surface area contributed by atoms with E-state index in [1.807, 2.05) is 6.07 Å². The molecule has 3 aromatic rings. The van der Waals surface area contributed by atoms with Crippen molar-refractivity contribution in [2.24, 2.45) is 0 Å². The Morgan fingerprint density at radius 3 is 2.43 bits per heavy atom. The van der Waals surface area contributed by atoms with Crippen molar-refractivity contribution < 1.29 is 18.5 Å². The highest BCUT2D eigenvalue weighted by Gasteiger charge is 2.28. The molecule has 0 bridgehead atoms. The number of non-ortho nitro benzene ring substituents is 1. The van der Waals surface area contributed by atoms with Crippen LogP contribution in [0, 0.1) is 21.4 Å². The van der Waals surface area contributed by atoms with Gasteiger partial charge in [-0.3, -0.25) is 28.8 Å². The Hall–Kier alpha value is -3.32. The number of hydrogen-bond donors (Lipinski definition) is 1. The minimum Gasteiger partial charge on any atom is -0.316 e.